The van der Waals surface area contributed by atoms with Crippen molar-refractivity contribution in [2.45, 2.75) is 18.5 Å². The third-order valence-electron chi connectivity index (χ3n) is 10.0. The molecule has 1 aliphatic carbocycles. The van der Waals surface area contributed by atoms with Gasteiger partial charge in [-0.25, -0.2) is 9.98 Å². The number of fused-ring (bicyclic) bond motifs is 7. The van der Waals surface area contributed by atoms with E-state index in [1.807, 2.05) is 17.4 Å². The molecule has 2 aromatic heterocycles. The van der Waals surface area contributed by atoms with Gasteiger partial charge in [-0.2, -0.15) is 0 Å². The van der Waals surface area contributed by atoms with Crippen molar-refractivity contribution in [1.82, 2.24) is 9.88 Å². The molecule has 0 saturated heterocycles. The summed E-state index contributed by atoms with van der Waals surface area (Å²) >= 11 is 1.86. The van der Waals surface area contributed by atoms with Gasteiger partial charge in [0.25, 0.3) is 0 Å². The molecule has 0 bridgehead atoms. The SMILES string of the molecule is C1=c2c(n(C3=NC(c4ccccc4)N=C(c4ccc(-c5ccccc5)cc4)N3)c3c2ccc2c4ccccc4sc23)=CC(c2ccccc2)C1. The lowest BCUT2D eigenvalue weighted by Gasteiger charge is -2.24. The number of benzene rings is 6. The molecule has 1 N–H and O–H groups in total. The monoisotopic (exact) mass is 660 g/mol. The number of thiophene rings is 1. The maximum Gasteiger partial charge on any atom is 0.211 e. The minimum Gasteiger partial charge on any atom is -0.310 e. The van der Waals surface area contributed by atoms with Gasteiger partial charge in [0, 0.05) is 37.6 Å². The fourth-order valence-corrected chi connectivity index (χ4v) is 8.79. The van der Waals surface area contributed by atoms with Gasteiger partial charge in [0.05, 0.1) is 15.6 Å². The van der Waals surface area contributed by atoms with Gasteiger partial charge in [0.1, 0.15) is 5.84 Å². The van der Waals surface area contributed by atoms with E-state index in [0.717, 1.165) is 29.3 Å². The van der Waals surface area contributed by atoms with E-state index >= 15 is 0 Å². The van der Waals surface area contributed by atoms with Gasteiger partial charge in [-0.1, -0.05) is 158 Å². The summed E-state index contributed by atoms with van der Waals surface area (Å²) in [7, 11) is 0. The Bertz CT molecular complexity index is 2740. The van der Waals surface area contributed by atoms with Crippen LogP contribution in [0.5, 0.6) is 0 Å². The number of hydrogen-bond donors (Lipinski definition) is 1. The number of aromatic nitrogens is 1. The van der Waals surface area contributed by atoms with Crippen molar-refractivity contribution >= 4 is 66.4 Å². The maximum atomic E-state index is 5.40. The van der Waals surface area contributed by atoms with E-state index in [2.05, 4.69) is 168 Å². The topological polar surface area (TPSA) is 41.7 Å². The summed E-state index contributed by atoms with van der Waals surface area (Å²) in [5, 5.41) is 10.0. The summed E-state index contributed by atoms with van der Waals surface area (Å²) in [5.41, 5.74) is 6.95. The van der Waals surface area contributed by atoms with Crippen LogP contribution in [0.15, 0.2) is 162 Å². The fourth-order valence-electron chi connectivity index (χ4n) is 7.55. The Hall–Kier alpha value is -6.04. The predicted molar refractivity (Wildman–Crippen MR) is 210 cm³/mol. The van der Waals surface area contributed by atoms with Gasteiger partial charge < -0.3 is 5.32 Å². The predicted octanol–water partition coefficient (Wildman–Crippen LogP) is 9.38. The second kappa shape index (κ2) is 11.8. The Balaban J connectivity index is 1.21. The molecule has 0 spiro atoms. The molecule has 6 aromatic carbocycles. The van der Waals surface area contributed by atoms with E-state index in [-0.39, 0.29) is 5.92 Å². The lowest BCUT2D eigenvalue weighted by molar-refractivity contribution is 0.741. The Morgan fingerprint density at radius 1 is 0.580 bits per heavy atom. The molecular weight excluding hydrogens is 629 g/mol. The minimum absolute atomic E-state index is 0.262. The van der Waals surface area contributed by atoms with Gasteiger partial charge in [-0.05, 0) is 34.7 Å². The highest BCUT2D eigenvalue weighted by Gasteiger charge is 2.26. The Labute approximate surface area is 293 Å². The van der Waals surface area contributed by atoms with Crippen molar-refractivity contribution in [2.24, 2.45) is 9.98 Å². The number of rotatable bonds is 4. The fraction of sp³-hybridized carbons (Fsp3) is 0.0667. The molecule has 238 valence electrons. The van der Waals surface area contributed by atoms with Crippen LogP contribution >= 0.6 is 11.3 Å². The smallest absolute Gasteiger partial charge is 0.211 e. The molecule has 5 heteroatoms. The zero-order valence-corrected chi connectivity index (χ0v) is 28.0. The Morgan fingerprint density at radius 3 is 2.00 bits per heavy atom. The van der Waals surface area contributed by atoms with Crippen LogP contribution in [0, 0.1) is 0 Å². The molecule has 4 nitrogen and oxygen atoms in total. The van der Waals surface area contributed by atoms with Crippen LogP contribution in [0.1, 0.15) is 35.2 Å². The molecule has 50 heavy (non-hydrogen) atoms. The highest BCUT2D eigenvalue weighted by atomic mass is 32.1. The zero-order chi connectivity index (χ0) is 33.0. The molecule has 2 unspecified atom stereocenters. The van der Waals surface area contributed by atoms with Crippen LogP contribution in [-0.2, 0) is 0 Å². The van der Waals surface area contributed by atoms with Crippen LogP contribution in [-0.4, -0.2) is 16.4 Å². The Morgan fingerprint density at radius 2 is 1.22 bits per heavy atom. The number of amidine groups is 1. The summed E-state index contributed by atoms with van der Waals surface area (Å²) in [5.74, 6) is 1.85. The van der Waals surface area contributed by atoms with Crippen LogP contribution in [0.4, 0.5) is 0 Å². The van der Waals surface area contributed by atoms with Crippen LogP contribution in [0.25, 0.3) is 54.4 Å². The highest BCUT2D eigenvalue weighted by molar-refractivity contribution is 7.26. The second-order valence-corrected chi connectivity index (χ2v) is 14.0. The molecule has 0 saturated carbocycles. The molecule has 10 rings (SSSR count). The first-order valence-corrected chi connectivity index (χ1v) is 18.0. The molecule has 1 aliphatic heterocycles. The zero-order valence-electron chi connectivity index (χ0n) is 27.2. The largest absolute Gasteiger partial charge is 0.310 e. The second-order valence-electron chi connectivity index (χ2n) is 13.0. The van der Waals surface area contributed by atoms with Gasteiger partial charge in [0.2, 0.25) is 5.96 Å². The van der Waals surface area contributed by atoms with Gasteiger partial charge >= 0.3 is 0 Å². The summed E-state index contributed by atoms with van der Waals surface area (Å²) in [6, 6.07) is 53.8. The van der Waals surface area contributed by atoms with E-state index in [0.29, 0.717) is 0 Å². The summed E-state index contributed by atoms with van der Waals surface area (Å²) in [6.45, 7) is 0. The standard InChI is InChI=1S/C45H32N4S/c1-4-12-29(13-5-1)31-20-22-33(23-21-31)44-46-43(32-16-8-3-9-17-32)47-45(48-44)49-39-28-34(30-14-6-2-7-15-30)24-25-35(39)37-26-27-38-36-18-10-11-19-40(36)50-42(38)41(37)49/h1-23,25-28,34,43H,24H2,(H,46,47,48). The van der Waals surface area contributed by atoms with E-state index in [9.17, 15) is 0 Å². The summed E-state index contributed by atoms with van der Waals surface area (Å²) < 4.78 is 4.95. The lowest BCUT2D eigenvalue weighted by atomic mass is 9.92. The molecular formula is C45H32N4S. The Kier molecular flexibility index (Phi) is 6.84. The molecule has 8 aromatic rings. The van der Waals surface area contributed by atoms with Crippen LogP contribution in [0.3, 0.4) is 0 Å². The first-order valence-electron chi connectivity index (χ1n) is 17.1. The molecule has 0 fully saturated rings. The van der Waals surface area contributed by atoms with Crippen molar-refractivity contribution in [3.8, 4) is 11.1 Å². The van der Waals surface area contributed by atoms with E-state index < -0.39 is 6.17 Å². The molecule has 2 aliphatic rings. The van der Waals surface area contributed by atoms with Crippen molar-refractivity contribution in [3.63, 3.8) is 0 Å². The summed E-state index contributed by atoms with van der Waals surface area (Å²) in [4.78, 5) is 10.6. The minimum atomic E-state index is -0.400. The summed E-state index contributed by atoms with van der Waals surface area (Å²) in [6.07, 6.45) is 5.43. The van der Waals surface area contributed by atoms with Crippen LogP contribution < -0.4 is 15.9 Å². The average molecular weight is 661 g/mol. The van der Waals surface area contributed by atoms with E-state index in [1.165, 1.54) is 58.3 Å². The van der Waals surface area contributed by atoms with E-state index in [1.54, 1.807) is 0 Å². The van der Waals surface area contributed by atoms with Gasteiger partial charge in [0.15, 0.2) is 6.17 Å². The number of aliphatic imine (C=N–C) groups is 2. The van der Waals surface area contributed by atoms with Gasteiger partial charge in [-0.3, -0.25) is 4.57 Å². The average Bonchev–Trinajstić information content (AvgIpc) is 3.74. The molecule has 2 atom stereocenters. The first kappa shape index (κ1) is 28.9. The van der Waals surface area contributed by atoms with Crippen LogP contribution in [0.2, 0.25) is 0 Å². The van der Waals surface area contributed by atoms with Crippen molar-refractivity contribution < 1.29 is 0 Å². The number of hydrogen-bond acceptors (Lipinski definition) is 4. The number of nitrogens with zero attached hydrogens (tertiary/aromatic N) is 3. The normalized spacial score (nSPS) is 17.0. The number of nitrogens with one attached hydrogen (secondary N) is 1. The maximum absolute atomic E-state index is 5.40. The third-order valence-corrected chi connectivity index (χ3v) is 11.2. The van der Waals surface area contributed by atoms with Crippen molar-refractivity contribution in [3.05, 3.63) is 179 Å². The molecule has 0 amide bonds. The highest BCUT2D eigenvalue weighted by Crippen LogP contribution is 2.38. The lowest BCUT2D eigenvalue weighted by Crippen LogP contribution is -2.46. The molecule has 0 radical (unpaired) electrons. The molecule has 3 heterocycles. The third kappa shape index (κ3) is 4.81. The van der Waals surface area contributed by atoms with E-state index in [4.69, 9.17) is 9.98 Å². The van der Waals surface area contributed by atoms with Crippen molar-refractivity contribution in [1.29, 1.82) is 0 Å². The first-order chi connectivity index (χ1) is 24.8. The quantitative estimate of drug-likeness (QED) is 0.201. The van der Waals surface area contributed by atoms with Gasteiger partial charge in [-0.15, -0.1) is 11.3 Å². The van der Waals surface area contributed by atoms with Crippen molar-refractivity contribution in [2.75, 3.05) is 0 Å².